The molecule has 2 saturated heterocycles. The first-order chi connectivity index (χ1) is 12.0. The summed E-state index contributed by atoms with van der Waals surface area (Å²) in [5.41, 5.74) is 0.648. The summed E-state index contributed by atoms with van der Waals surface area (Å²) in [5.74, 6) is 0.0646. The van der Waals surface area contributed by atoms with Gasteiger partial charge in [-0.25, -0.2) is 4.98 Å². The Bertz CT molecular complexity index is 558. The van der Waals surface area contributed by atoms with Crippen molar-refractivity contribution < 1.29 is 14.3 Å². The number of nitrogens with zero attached hydrogens (tertiary/aromatic N) is 4. The molecule has 1 aromatic rings. The number of likely N-dealkylation sites (tertiary alicyclic amines) is 1. The molecule has 0 saturated carbocycles. The highest BCUT2D eigenvalue weighted by molar-refractivity contribution is 5.92. The Labute approximate surface area is 149 Å². The molecule has 1 aromatic heterocycles. The van der Waals surface area contributed by atoms with Crippen LogP contribution in [0.5, 0.6) is 0 Å². The molecular weight excluding hydrogens is 320 g/mol. The van der Waals surface area contributed by atoms with Gasteiger partial charge in [0.2, 0.25) is 0 Å². The van der Waals surface area contributed by atoms with E-state index in [1.807, 2.05) is 11.9 Å². The third-order valence-electron chi connectivity index (χ3n) is 5.02. The van der Waals surface area contributed by atoms with Gasteiger partial charge in [0.15, 0.2) is 0 Å². The Morgan fingerprint density at radius 2 is 1.96 bits per heavy atom. The van der Waals surface area contributed by atoms with E-state index in [9.17, 15) is 4.79 Å². The lowest BCUT2D eigenvalue weighted by Gasteiger charge is -2.36. The SMILES string of the molecule is CC1CN(CCOC2CCN(C(=O)c3cncn3C)CC2)CC(C)O1. The first-order valence-corrected chi connectivity index (χ1v) is 9.28. The van der Waals surface area contributed by atoms with Gasteiger partial charge in [-0.3, -0.25) is 9.69 Å². The number of carbonyl (C=O) groups is 1. The fourth-order valence-corrected chi connectivity index (χ4v) is 3.77. The highest BCUT2D eigenvalue weighted by Crippen LogP contribution is 2.17. The van der Waals surface area contributed by atoms with Crippen LogP contribution in [-0.2, 0) is 16.5 Å². The number of piperidine rings is 1. The van der Waals surface area contributed by atoms with E-state index in [0.29, 0.717) is 17.9 Å². The number of ether oxygens (including phenoxy) is 2. The molecule has 0 aromatic carbocycles. The minimum atomic E-state index is 0.0646. The number of rotatable bonds is 5. The Kier molecular flexibility index (Phi) is 6.09. The van der Waals surface area contributed by atoms with Crippen LogP contribution in [0.25, 0.3) is 0 Å². The number of amides is 1. The van der Waals surface area contributed by atoms with Crippen molar-refractivity contribution in [2.75, 3.05) is 39.3 Å². The van der Waals surface area contributed by atoms with E-state index < -0.39 is 0 Å². The highest BCUT2D eigenvalue weighted by Gasteiger charge is 2.26. The fraction of sp³-hybridized carbons (Fsp3) is 0.778. The smallest absolute Gasteiger partial charge is 0.272 e. The third kappa shape index (κ3) is 4.80. The van der Waals surface area contributed by atoms with Crippen molar-refractivity contribution in [1.29, 1.82) is 0 Å². The van der Waals surface area contributed by atoms with Crippen LogP contribution in [0, 0.1) is 0 Å². The number of aryl methyl sites for hydroxylation is 1. The molecule has 0 spiro atoms. The number of hydrogen-bond acceptors (Lipinski definition) is 5. The standard InChI is InChI=1S/C18H30N4O3/c1-14-11-21(12-15(2)25-14)8-9-24-16-4-6-22(7-5-16)18(23)17-10-19-13-20(17)3/h10,13-16H,4-9,11-12H2,1-3H3. The minimum Gasteiger partial charge on any atom is -0.377 e. The average molecular weight is 350 g/mol. The third-order valence-corrected chi connectivity index (χ3v) is 5.02. The lowest BCUT2D eigenvalue weighted by Crippen LogP contribution is -2.47. The summed E-state index contributed by atoms with van der Waals surface area (Å²) < 4.78 is 13.6. The predicted molar refractivity (Wildman–Crippen MR) is 94.5 cm³/mol. The molecule has 2 aliphatic heterocycles. The molecule has 1 amide bonds. The molecule has 3 heterocycles. The second-order valence-corrected chi connectivity index (χ2v) is 7.27. The van der Waals surface area contributed by atoms with E-state index in [-0.39, 0.29) is 12.0 Å². The van der Waals surface area contributed by atoms with Crippen molar-refractivity contribution in [2.24, 2.45) is 7.05 Å². The molecule has 2 fully saturated rings. The number of aromatic nitrogens is 2. The van der Waals surface area contributed by atoms with Crippen LogP contribution in [0.4, 0.5) is 0 Å². The summed E-state index contributed by atoms with van der Waals surface area (Å²) in [6.07, 6.45) is 5.95. The molecule has 7 heteroatoms. The largest absolute Gasteiger partial charge is 0.377 e. The van der Waals surface area contributed by atoms with Crippen molar-refractivity contribution in [3.05, 3.63) is 18.2 Å². The number of carbonyl (C=O) groups excluding carboxylic acids is 1. The Morgan fingerprint density at radius 1 is 1.28 bits per heavy atom. The van der Waals surface area contributed by atoms with E-state index in [1.54, 1.807) is 17.1 Å². The molecule has 0 radical (unpaired) electrons. The zero-order valence-corrected chi connectivity index (χ0v) is 15.6. The molecule has 0 aliphatic carbocycles. The molecule has 0 bridgehead atoms. The van der Waals surface area contributed by atoms with Gasteiger partial charge in [0.25, 0.3) is 5.91 Å². The highest BCUT2D eigenvalue weighted by atomic mass is 16.5. The molecule has 140 valence electrons. The van der Waals surface area contributed by atoms with Gasteiger partial charge in [-0.2, -0.15) is 0 Å². The maximum Gasteiger partial charge on any atom is 0.272 e. The van der Waals surface area contributed by atoms with E-state index >= 15 is 0 Å². The van der Waals surface area contributed by atoms with Gasteiger partial charge >= 0.3 is 0 Å². The quantitative estimate of drug-likeness (QED) is 0.797. The molecule has 7 nitrogen and oxygen atoms in total. The van der Waals surface area contributed by atoms with Crippen LogP contribution >= 0.6 is 0 Å². The normalized spacial score (nSPS) is 26.1. The second kappa shape index (κ2) is 8.29. The van der Waals surface area contributed by atoms with Gasteiger partial charge in [0.05, 0.1) is 37.4 Å². The van der Waals surface area contributed by atoms with Crippen LogP contribution in [-0.4, -0.2) is 82.9 Å². The van der Waals surface area contributed by atoms with Gasteiger partial charge in [-0.15, -0.1) is 0 Å². The Morgan fingerprint density at radius 3 is 2.56 bits per heavy atom. The maximum atomic E-state index is 12.5. The van der Waals surface area contributed by atoms with Crippen LogP contribution in [0.3, 0.4) is 0 Å². The lowest BCUT2D eigenvalue weighted by molar-refractivity contribution is -0.0780. The van der Waals surface area contributed by atoms with Crippen LogP contribution in [0.1, 0.15) is 37.2 Å². The van der Waals surface area contributed by atoms with Crippen molar-refractivity contribution in [3.8, 4) is 0 Å². The van der Waals surface area contributed by atoms with Gasteiger partial charge in [-0.1, -0.05) is 0 Å². The fourth-order valence-electron chi connectivity index (χ4n) is 3.77. The van der Waals surface area contributed by atoms with Gasteiger partial charge in [0, 0.05) is 39.8 Å². The van der Waals surface area contributed by atoms with Crippen LogP contribution in [0.15, 0.2) is 12.5 Å². The molecule has 2 aliphatic rings. The zero-order valence-electron chi connectivity index (χ0n) is 15.6. The number of imidazole rings is 1. The van der Waals surface area contributed by atoms with Crippen molar-refractivity contribution >= 4 is 5.91 Å². The molecule has 0 N–H and O–H groups in total. The minimum absolute atomic E-state index is 0.0646. The van der Waals surface area contributed by atoms with E-state index in [1.165, 1.54) is 0 Å². The summed E-state index contributed by atoms with van der Waals surface area (Å²) in [7, 11) is 1.85. The summed E-state index contributed by atoms with van der Waals surface area (Å²) in [4.78, 5) is 20.8. The molecule has 2 unspecified atom stereocenters. The van der Waals surface area contributed by atoms with Crippen molar-refractivity contribution in [3.63, 3.8) is 0 Å². The monoisotopic (exact) mass is 350 g/mol. The zero-order chi connectivity index (χ0) is 17.8. The Balaban J connectivity index is 1.37. The topological polar surface area (TPSA) is 59.8 Å². The first-order valence-electron chi connectivity index (χ1n) is 9.28. The van der Waals surface area contributed by atoms with Gasteiger partial charge < -0.3 is 18.9 Å². The number of morpholine rings is 1. The molecule has 25 heavy (non-hydrogen) atoms. The maximum absolute atomic E-state index is 12.5. The summed E-state index contributed by atoms with van der Waals surface area (Å²) in [6, 6.07) is 0. The number of hydrogen-bond donors (Lipinski definition) is 0. The predicted octanol–water partition coefficient (Wildman–Crippen LogP) is 1.15. The molecule has 3 rings (SSSR count). The van der Waals surface area contributed by atoms with E-state index in [2.05, 4.69) is 23.7 Å². The molecular formula is C18H30N4O3. The van der Waals surface area contributed by atoms with Gasteiger partial charge in [0.1, 0.15) is 5.69 Å². The summed E-state index contributed by atoms with van der Waals surface area (Å²) >= 11 is 0. The summed E-state index contributed by atoms with van der Waals surface area (Å²) in [6.45, 7) is 9.40. The van der Waals surface area contributed by atoms with E-state index in [4.69, 9.17) is 9.47 Å². The van der Waals surface area contributed by atoms with E-state index in [0.717, 1.165) is 52.2 Å². The average Bonchev–Trinajstić information content (AvgIpc) is 3.00. The lowest BCUT2D eigenvalue weighted by atomic mass is 10.1. The first kappa shape index (κ1) is 18.4. The second-order valence-electron chi connectivity index (χ2n) is 7.27. The van der Waals surface area contributed by atoms with Crippen molar-refractivity contribution in [1.82, 2.24) is 19.4 Å². The van der Waals surface area contributed by atoms with Gasteiger partial charge in [-0.05, 0) is 26.7 Å². The summed E-state index contributed by atoms with van der Waals surface area (Å²) in [5, 5.41) is 0. The van der Waals surface area contributed by atoms with Crippen LogP contribution in [0.2, 0.25) is 0 Å². The van der Waals surface area contributed by atoms with Crippen LogP contribution < -0.4 is 0 Å². The Hall–Kier alpha value is -1.44. The van der Waals surface area contributed by atoms with Crippen molar-refractivity contribution in [2.45, 2.75) is 45.0 Å². The molecule has 2 atom stereocenters.